The fourth-order valence-corrected chi connectivity index (χ4v) is 3.76. The number of amides is 1. The molecule has 0 saturated heterocycles. The molecule has 0 fully saturated rings. The van der Waals surface area contributed by atoms with E-state index in [9.17, 15) is 14.0 Å². The van der Waals surface area contributed by atoms with Crippen LogP contribution in [0, 0.1) is 5.82 Å². The van der Waals surface area contributed by atoms with E-state index < -0.39 is 5.82 Å². The summed E-state index contributed by atoms with van der Waals surface area (Å²) < 4.78 is 17.1. The van der Waals surface area contributed by atoms with Crippen molar-refractivity contribution in [3.63, 3.8) is 0 Å². The second-order valence-electron chi connectivity index (χ2n) is 7.80. The van der Waals surface area contributed by atoms with E-state index >= 15 is 0 Å². The van der Waals surface area contributed by atoms with Gasteiger partial charge in [-0.25, -0.2) is 9.37 Å². The number of nitrogens with zero attached hydrogens (tertiary/aromatic N) is 3. The highest BCUT2D eigenvalue weighted by Crippen LogP contribution is 2.26. The van der Waals surface area contributed by atoms with Crippen LogP contribution in [0.25, 0.3) is 21.9 Å². The molecule has 2 heterocycles. The number of halogens is 1. The molecular weight excluding hydrogens is 395 g/mol. The van der Waals surface area contributed by atoms with E-state index in [-0.39, 0.29) is 24.1 Å². The van der Waals surface area contributed by atoms with Gasteiger partial charge in [0.2, 0.25) is 5.91 Å². The monoisotopic (exact) mass is 420 g/mol. The molecule has 0 spiro atoms. The van der Waals surface area contributed by atoms with Gasteiger partial charge in [-0.3, -0.25) is 14.2 Å². The second kappa shape index (κ2) is 8.71. The minimum Gasteiger partial charge on any atom is -0.352 e. The zero-order valence-electron chi connectivity index (χ0n) is 17.6. The van der Waals surface area contributed by atoms with Gasteiger partial charge < -0.3 is 9.88 Å². The molecule has 7 heteroatoms. The third-order valence-electron chi connectivity index (χ3n) is 5.59. The number of hydrogen-bond acceptors (Lipinski definition) is 3. The van der Waals surface area contributed by atoms with Gasteiger partial charge in [0.15, 0.2) is 0 Å². The van der Waals surface area contributed by atoms with Crippen molar-refractivity contribution < 1.29 is 9.18 Å². The molecule has 1 unspecified atom stereocenters. The molecule has 1 atom stereocenters. The zero-order valence-corrected chi connectivity index (χ0v) is 17.6. The lowest BCUT2D eigenvalue weighted by Crippen LogP contribution is -2.35. The van der Waals surface area contributed by atoms with E-state index in [4.69, 9.17) is 0 Å². The first-order valence-electron chi connectivity index (χ1n) is 10.5. The summed E-state index contributed by atoms with van der Waals surface area (Å²) in [4.78, 5) is 30.4. The molecule has 2 aromatic heterocycles. The Labute approximate surface area is 179 Å². The van der Waals surface area contributed by atoms with E-state index in [1.54, 1.807) is 15.2 Å². The molecule has 0 aliphatic rings. The van der Waals surface area contributed by atoms with E-state index in [1.165, 1.54) is 18.5 Å². The molecule has 2 aromatic carbocycles. The number of rotatable bonds is 7. The zero-order chi connectivity index (χ0) is 22.0. The van der Waals surface area contributed by atoms with Gasteiger partial charge in [-0.05, 0) is 43.5 Å². The Morgan fingerprint density at radius 1 is 1.19 bits per heavy atom. The van der Waals surface area contributed by atoms with Gasteiger partial charge in [0.1, 0.15) is 23.4 Å². The van der Waals surface area contributed by atoms with Crippen molar-refractivity contribution in [2.75, 3.05) is 0 Å². The predicted octanol–water partition coefficient (Wildman–Crippen LogP) is 3.65. The highest BCUT2D eigenvalue weighted by atomic mass is 19.1. The Morgan fingerprint density at radius 2 is 1.97 bits per heavy atom. The summed E-state index contributed by atoms with van der Waals surface area (Å²) in [5, 5.41) is 3.45. The van der Waals surface area contributed by atoms with Gasteiger partial charge in [-0.1, -0.05) is 37.3 Å². The van der Waals surface area contributed by atoms with E-state index in [1.807, 2.05) is 44.2 Å². The predicted molar refractivity (Wildman–Crippen MR) is 119 cm³/mol. The smallest absolute Gasteiger partial charge is 0.277 e. The Kier molecular flexibility index (Phi) is 5.84. The van der Waals surface area contributed by atoms with Gasteiger partial charge >= 0.3 is 0 Å². The molecule has 160 valence electrons. The standard InChI is InChI=1S/C24H25FN4O2/c1-3-16(2)27-21(30)14-29-20-10-9-18(25)13-19(20)22-23(29)24(31)28(15-26-22)12-11-17-7-5-4-6-8-17/h4-10,13,15-16H,3,11-12,14H2,1-2H3,(H,27,30). The lowest BCUT2D eigenvalue weighted by Gasteiger charge is -2.13. The summed E-state index contributed by atoms with van der Waals surface area (Å²) in [6, 6.07) is 14.2. The van der Waals surface area contributed by atoms with Crippen LogP contribution in [-0.2, 0) is 24.3 Å². The molecule has 31 heavy (non-hydrogen) atoms. The molecule has 4 aromatic rings. The van der Waals surface area contributed by atoms with Crippen LogP contribution in [0.1, 0.15) is 25.8 Å². The molecule has 0 bridgehead atoms. The third kappa shape index (κ3) is 4.21. The third-order valence-corrected chi connectivity index (χ3v) is 5.59. The summed E-state index contributed by atoms with van der Waals surface area (Å²) in [7, 11) is 0. The average molecular weight is 420 g/mol. The number of carbonyl (C=O) groups excluding carboxylic acids is 1. The highest BCUT2D eigenvalue weighted by Gasteiger charge is 2.19. The van der Waals surface area contributed by atoms with Crippen LogP contribution in [0.3, 0.4) is 0 Å². The Hall–Kier alpha value is -3.48. The summed E-state index contributed by atoms with van der Waals surface area (Å²) in [5.41, 5.74) is 2.21. The van der Waals surface area contributed by atoms with E-state index in [2.05, 4.69) is 10.3 Å². The first kappa shape index (κ1) is 20.8. The van der Waals surface area contributed by atoms with Gasteiger partial charge in [0.05, 0.1) is 11.8 Å². The first-order valence-corrected chi connectivity index (χ1v) is 10.5. The SMILES string of the molecule is CCC(C)NC(=O)Cn1c2ccc(F)cc2c2ncn(CCc3ccccc3)c(=O)c21. The quantitative estimate of drug-likeness (QED) is 0.496. The molecule has 6 nitrogen and oxygen atoms in total. The number of nitrogens with one attached hydrogen (secondary N) is 1. The topological polar surface area (TPSA) is 68.9 Å². The van der Waals surface area contributed by atoms with E-state index in [0.29, 0.717) is 34.9 Å². The summed E-state index contributed by atoms with van der Waals surface area (Å²) in [6.45, 7) is 4.34. The van der Waals surface area contributed by atoms with Gasteiger partial charge in [-0.2, -0.15) is 0 Å². The second-order valence-corrected chi connectivity index (χ2v) is 7.80. The van der Waals surface area contributed by atoms with Crippen LogP contribution in [0.4, 0.5) is 4.39 Å². The summed E-state index contributed by atoms with van der Waals surface area (Å²) in [6.07, 6.45) is 2.98. The van der Waals surface area contributed by atoms with Crippen molar-refractivity contribution in [3.8, 4) is 0 Å². The minimum atomic E-state index is -0.411. The fourth-order valence-electron chi connectivity index (χ4n) is 3.76. The molecule has 0 radical (unpaired) electrons. The van der Waals surface area contributed by atoms with Crippen LogP contribution >= 0.6 is 0 Å². The van der Waals surface area contributed by atoms with Crippen LogP contribution in [0.2, 0.25) is 0 Å². The number of fused-ring (bicyclic) bond motifs is 3. The van der Waals surface area contributed by atoms with Gasteiger partial charge in [0.25, 0.3) is 5.56 Å². The lowest BCUT2D eigenvalue weighted by atomic mass is 10.1. The molecular formula is C24H25FN4O2. The molecule has 0 saturated carbocycles. The van der Waals surface area contributed by atoms with Crippen molar-refractivity contribution >= 4 is 27.8 Å². The van der Waals surface area contributed by atoms with Crippen molar-refractivity contribution in [1.29, 1.82) is 0 Å². The maximum atomic E-state index is 13.9. The van der Waals surface area contributed by atoms with Crippen molar-refractivity contribution in [3.05, 3.63) is 76.6 Å². The minimum absolute atomic E-state index is 0.0266. The fraction of sp³-hybridized carbons (Fsp3) is 0.292. The lowest BCUT2D eigenvalue weighted by molar-refractivity contribution is -0.122. The van der Waals surface area contributed by atoms with Crippen LogP contribution in [-0.4, -0.2) is 26.1 Å². The molecule has 0 aliphatic heterocycles. The molecule has 0 aliphatic carbocycles. The Balaban J connectivity index is 1.79. The number of aryl methyl sites for hydroxylation is 2. The molecule has 1 amide bonds. The Morgan fingerprint density at radius 3 is 2.71 bits per heavy atom. The first-order chi connectivity index (χ1) is 15.0. The van der Waals surface area contributed by atoms with Gasteiger partial charge in [-0.15, -0.1) is 0 Å². The number of aromatic nitrogens is 3. The van der Waals surface area contributed by atoms with Crippen LogP contribution < -0.4 is 10.9 Å². The summed E-state index contributed by atoms with van der Waals surface area (Å²) in [5.74, 6) is -0.609. The molecule has 4 rings (SSSR count). The largest absolute Gasteiger partial charge is 0.352 e. The normalized spacial score (nSPS) is 12.4. The molecule has 1 N–H and O–H groups in total. The maximum Gasteiger partial charge on any atom is 0.277 e. The van der Waals surface area contributed by atoms with Gasteiger partial charge in [0, 0.05) is 18.0 Å². The maximum absolute atomic E-state index is 13.9. The average Bonchev–Trinajstić information content (AvgIpc) is 3.07. The van der Waals surface area contributed by atoms with Crippen LogP contribution in [0.15, 0.2) is 59.7 Å². The highest BCUT2D eigenvalue weighted by molar-refractivity contribution is 6.06. The van der Waals surface area contributed by atoms with Crippen LogP contribution in [0.5, 0.6) is 0 Å². The van der Waals surface area contributed by atoms with Crippen molar-refractivity contribution in [2.24, 2.45) is 0 Å². The number of carbonyl (C=O) groups is 1. The number of hydrogen-bond donors (Lipinski definition) is 1. The van der Waals surface area contributed by atoms with Crippen molar-refractivity contribution in [2.45, 2.75) is 45.8 Å². The van der Waals surface area contributed by atoms with Crippen molar-refractivity contribution in [1.82, 2.24) is 19.4 Å². The number of benzene rings is 2. The Bertz CT molecular complexity index is 1290. The van der Waals surface area contributed by atoms with E-state index in [0.717, 1.165) is 12.0 Å². The summed E-state index contributed by atoms with van der Waals surface area (Å²) >= 11 is 0.